The van der Waals surface area contributed by atoms with E-state index in [4.69, 9.17) is 11.5 Å². The normalized spacial score (nSPS) is 19.7. The van der Waals surface area contributed by atoms with E-state index in [1.807, 2.05) is 4.90 Å². The zero-order valence-electron chi connectivity index (χ0n) is 11.1. The van der Waals surface area contributed by atoms with Gasteiger partial charge in [-0.05, 0) is 31.0 Å². The summed E-state index contributed by atoms with van der Waals surface area (Å²) in [5, 5.41) is 10.7. The predicted molar refractivity (Wildman–Crippen MR) is 74.8 cm³/mol. The fraction of sp³-hybridized carbons (Fsp3) is 0.462. The van der Waals surface area contributed by atoms with Crippen molar-refractivity contribution in [2.24, 2.45) is 5.73 Å². The summed E-state index contributed by atoms with van der Waals surface area (Å²) in [6.07, 6.45) is 2.77. The second kappa shape index (κ2) is 5.87. The number of carbonyl (C=O) groups is 1. The van der Waals surface area contributed by atoms with Crippen LogP contribution in [-0.2, 0) is 11.3 Å². The molecule has 0 spiro atoms. The van der Waals surface area contributed by atoms with Crippen molar-refractivity contribution in [3.05, 3.63) is 33.9 Å². The zero-order chi connectivity index (χ0) is 14.7. The van der Waals surface area contributed by atoms with Crippen molar-refractivity contribution in [3.8, 4) is 0 Å². The fourth-order valence-electron chi connectivity index (χ4n) is 2.61. The van der Waals surface area contributed by atoms with Gasteiger partial charge in [0.15, 0.2) is 0 Å². The smallest absolute Gasteiger partial charge is 0.292 e. The summed E-state index contributed by atoms with van der Waals surface area (Å²) in [6, 6.07) is 4.39. The molecule has 0 aromatic heterocycles. The Morgan fingerprint density at radius 3 is 2.80 bits per heavy atom. The molecule has 20 heavy (non-hydrogen) atoms. The summed E-state index contributed by atoms with van der Waals surface area (Å²) in [7, 11) is 0. The third-order valence-electron chi connectivity index (χ3n) is 3.62. The topological polar surface area (TPSA) is 115 Å². The molecule has 1 aliphatic heterocycles. The van der Waals surface area contributed by atoms with Crippen LogP contribution in [0, 0.1) is 10.1 Å². The molecular formula is C13H18N4O3. The molecule has 1 saturated heterocycles. The maximum absolute atomic E-state index is 11.4. The first-order valence-electron chi connectivity index (χ1n) is 6.55. The van der Waals surface area contributed by atoms with Crippen LogP contribution in [0.25, 0.3) is 0 Å². The van der Waals surface area contributed by atoms with Gasteiger partial charge in [0, 0.05) is 12.6 Å². The summed E-state index contributed by atoms with van der Waals surface area (Å²) in [6.45, 7) is 1.32. The number of nitrogen functional groups attached to an aromatic ring is 1. The van der Waals surface area contributed by atoms with Gasteiger partial charge in [-0.15, -0.1) is 0 Å². The number of nitro groups is 1. The molecular weight excluding hydrogens is 260 g/mol. The van der Waals surface area contributed by atoms with E-state index in [1.165, 1.54) is 6.07 Å². The second-order valence-corrected chi connectivity index (χ2v) is 5.03. The molecule has 1 amide bonds. The van der Waals surface area contributed by atoms with Gasteiger partial charge < -0.3 is 11.5 Å². The number of likely N-dealkylation sites (tertiary alicyclic amines) is 1. The molecule has 1 heterocycles. The molecule has 7 heteroatoms. The highest BCUT2D eigenvalue weighted by atomic mass is 16.6. The van der Waals surface area contributed by atoms with Crippen LogP contribution in [0.4, 0.5) is 11.4 Å². The SMILES string of the molecule is NC(=O)C1CCCCN1Cc1ccc([N+](=O)[O-])c(N)c1. The van der Waals surface area contributed by atoms with Crippen LogP contribution in [0.3, 0.4) is 0 Å². The lowest BCUT2D eigenvalue weighted by Crippen LogP contribution is -2.47. The highest BCUT2D eigenvalue weighted by Crippen LogP contribution is 2.25. The Balaban J connectivity index is 2.14. The van der Waals surface area contributed by atoms with E-state index in [1.54, 1.807) is 12.1 Å². The molecule has 1 aliphatic rings. The minimum absolute atomic E-state index is 0.0983. The summed E-state index contributed by atoms with van der Waals surface area (Å²) in [5.74, 6) is -0.320. The first-order chi connectivity index (χ1) is 9.49. The number of hydrogen-bond acceptors (Lipinski definition) is 5. The van der Waals surface area contributed by atoms with Gasteiger partial charge in [0.2, 0.25) is 5.91 Å². The van der Waals surface area contributed by atoms with Gasteiger partial charge in [0.1, 0.15) is 5.69 Å². The second-order valence-electron chi connectivity index (χ2n) is 5.03. The van der Waals surface area contributed by atoms with Crippen molar-refractivity contribution in [1.82, 2.24) is 4.90 Å². The highest BCUT2D eigenvalue weighted by Gasteiger charge is 2.27. The van der Waals surface area contributed by atoms with E-state index in [9.17, 15) is 14.9 Å². The maximum Gasteiger partial charge on any atom is 0.292 e. The van der Waals surface area contributed by atoms with Gasteiger partial charge in [-0.2, -0.15) is 0 Å². The Hall–Kier alpha value is -2.15. The van der Waals surface area contributed by atoms with E-state index in [2.05, 4.69) is 0 Å². The quantitative estimate of drug-likeness (QED) is 0.484. The van der Waals surface area contributed by atoms with Gasteiger partial charge in [0.25, 0.3) is 5.69 Å². The Labute approximate surface area is 116 Å². The van der Waals surface area contributed by atoms with Gasteiger partial charge in [-0.25, -0.2) is 0 Å². The first-order valence-corrected chi connectivity index (χ1v) is 6.55. The lowest BCUT2D eigenvalue weighted by atomic mass is 10.0. The summed E-state index contributed by atoms with van der Waals surface area (Å²) >= 11 is 0. The molecule has 2 rings (SSSR count). The van der Waals surface area contributed by atoms with Gasteiger partial charge in [-0.3, -0.25) is 19.8 Å². The summed E-state index contributed by atoms with van der Waals surface area (Å²) in [5.41, 5.74) is 12.0. The van der Waals surface area contributed by atoms with Crippen molar-refractivity contribution in [2.75, 3.05) is 12.3 Å². The van der Waals surface area contributed by atoms with E-state index in [0.717, 1.165) is 31.4 Å². The molecule has 0 radical (unpaired) electrons. The summed E-state index contributed by atoms with van der Waals surface area (Å²) < 4.78 is 0. The Morgan fingerprint density at radius 1 is 1.45 bits per heavy atom. The fourth-order valence-corrected chi connectivity index (χ4v) is 2.61. The molecule has 108 valence electrons. The molecule has 1 atom stereocenters. The Morgan fingerprint density at radius 2 is 2.20 bits per heavy atom. The van der Waals surface area contributed by atoms with Crippen molar-refractivity contribution >= 4 is 17.3 Å². The number of anilines is 1. The number of nitro benzene ring substituents is 1. The number of hydrogen-bond donors (Lipinski definition) is 2. The molecule has 1 unspecified atom stereocenters. The predicted octanol–water partition coefficient (Wildman–Crippen LogP) is 1.02. The van der Waals surface area contributed by atoms with Crippen LogP contribution < -0.4 is 11.5 Å². The number of amides is 1. The van der Waals surface area contributed by atoms with E-state index in [-0.39, 0.29) is 23.3 Å². The molecule has 1 fully saturated rings. The lowest BCUT2D eigenvalue weighted by Gasteiger charge is -2.33. The molecule has 1 aromatic carbocycles. The van der Waals surface area contributed by atoms with Gasteiger partial charge >= 0.3 is 0 Å². The molecule has 7 nitrogen and oxygen atoms in total. The largest absolute Gasteiger partial charge is 0.393 e. The lowest BCUT2D eigenvalue weighted by molar-refractivity contribution is -0.383. The third kappa shape index (κ3) is 3.05. The minimum atomic E-state index is -0.508. The highest BCUT2D eigenvalue weighted by molar-refractivity contribution is 5.79. The Kier molecular flexibility index (Phi) is 4.19. The number of benzene rings is 1. The zero-order valence-corrected chi connectivity index (χ0v) is 11.1. The number of nitrogens with zero attached hydrogens (tertiary/aromatic N) is 2. The number of rotatable bonds is 4. The minimum Gasteiger partial charge on any atom is -0.393 e. The standard InChI is InChI=1S/C13H18N4O3/c14-10-7-9(4-5-11(10)17(19)20)8-16-6-2-1-3-12(16)13(15)18/h4-5,7,12H,1-3,6,8,14H2,(H2,15,18). The van der Waals surface area contributed by atoms with Crippen molar-refractivity contribution in [1.29, 1.82) is 0 Å². The van der Waals surface area contributed by atoms with E-state index in [0.29, 0.717) is 6.54 Å². The van der Waals surface area contributed by atoms with Crippen LogP contribution in [0.5, 0.6) is 0 Å². The van der Waals surface area contributed by atoms with E-state index >= 15 is 0 Å². The van der Waals surface area contributed by atoms with Crippen LogP contribution in [0.2, 0.25) is 0 Å². The van der Waals surface area contributed by atoms with Crippen molar-refractivity contribution in [3.63, 3.8) is 0 Å². The Bertz CT molecular complexity index is 532. The molecule has 0 aliphatic carbocycles. The van der Waals surface area contributed by atoms with Crippen LogP contribution >= 0.6 is 0 Å². The van der Waals surface area contributed by atoms with Gasteiger partial charge in [-0.1, -0.05) is 12.5 Å². The number of piperidine rings is 1. The average molecular weight is 278 g/mol. The third-order valence-corrected chi connectivity index (χ3v) is 3.62. The number of carbonyl (C=O) groups excluding carboxylic acids is 1. The first kappa shape index (κ1) is 14.3. The molecule has 0 bridgehead atoms. The molecule has 0 saturated carbocycles. The van der Waals surface area contributed by atoms with Crippen molar-refractivity contribution in [2.45, 2.75) is 31.8 Å². The average Bonchev–Trinajstić information content (AvgIpc) is 2.38. The monoisotopic (exact) mass is 278 g/mol. The number of nitrogens with two attached hydrogens (primary N) is 2. The maximum atomic E-state index is 11.4. The van der Waals surface area contributed by atoms with Crippen LogP contribution in [0.15, 0.2) is 18.2 Å². The summed E-state index contributed by atoms with van der Waals surface area (Å²) in [4.78, 5) is 23.6. The molecule has 1 aromatic rings. The van der Waals surface area contributed by atoms with Crippen molar-refractivity contribution < 1.29 is 9.72 Å². The van der Waals surface area contributed by atoms with Crippen LogP contribution in [-0.4, -0.2) is 28.3 Å². The number of primary amides is 1. The van der Waals surface area contributed by atoms with Crippen LogP contribution in [0.1, 0.15) is 24.8 Å². The van der Waals surface area contributed by atoms with Gasteiger partial charge in [0.05, 0.1) is 11.0 Å². The molecule has 4 N–H and O–H groups in total. The van der Waals surface area contributed by atoms with E-state index < -0.39 is 4.92 Å².